The number of rotatable bonds is 8. The number of hydrogen-bond donors (Lipinski definition) is 2. The number of nitrogens with one attached hydrogen (secondary N) is 2. The van der Waals surface area contributed by atoms with Crippen molar-refractivity contribution in [2.45, 2.75) is 39.8 Å². The summed E-state index contributed by atoms with van der Waals surface area (Å²) in [5, 5.41) is 9.78. The van der Waals surface area contributed by atoms with Crippen LogP contribution >= 0.6 is 35.3 Å². The van der Waals surface area contributed by atoms with Crippen LogP contribution in [0.2, 0.25) is 0 Å². The molecular formula is C19H29IN4O2S. The summed E-state index contributed by atoms with van der Waals surface area (Å²) in [5.74, 6) is 2.68. The van der Waals surface area contributed by atoms with Gasteiger partial charge in [-0.05, 0) is 30.5 Å². The minimum absolute atomic E-state index is 0. The van der Waals surface area contributed by atoms with E-state index < -0.39 is 0 Å². The molecule has 6 nitrogen and oxygen atoms in total. The van der Waals surface area contributed by atoms with Gasteiger partial charge in [0, 0.05) is 19.0 Å². The average molecular weight is 504 g/mol. The van der Waals surface area contributed by atoms with Crippen molar-refractivity contribution in [3.05, 3.63) is 39.8 Å². The molecule has 8 heteroatoms. The molecule has 0 aliphatic heterocycles. The van der Waals surface area contributed by atoms with Crippen LogP contribution in [0.15, 0.2) is 28.6 Å². The summed E-state index contributed by atoms with van der Waals surface area (Å²) in [6, 6.07) is 5.91. The third kappa shape index (κ3) is 7.17. The molecule has 0 aliphatic rings. The number of guanidine groups is 1. The Labute approximate surface area is 182 Å². The number of aromatic nitrogens is 1. The number of ether oxygens (including phenoxy) is 2. The number of thiazole rings is 1. The van der Waals surface area contributed by atoms with E-state index >= 15 is 0 Å². The van der Waals surface area contributed by atoms with Crippen LogP contribution in [0.3, 0.4) is 0 Å². The summed E-state index contributed by atoms with van der Waals surface area (Å²) in [7, 11) is 3.40. The third-order valence-electron chi connectivity index (χ3n) is 3.78. The molecule has 1 aromatic heterocycles. The van der Waals surface area contributed by atoms with Crippen LogP contribution in [0.25, 0.3) is 0 Å². The van der Waals surface area contributed by atoms with Gasteiger partial charge in [0.1, 0.15) is 5.01 Å². The molecule has 27 heavy (non-hydrogen) atoms. The first-order chi connectivity index (χ1) is 12.6. The number of methoxy groups -OCH3 is 1. The SMILES string of the molecule is CCOc1cc(CNC(=NC)NCc2nc(C(C)C)cs2)ccc1OC.I. The zero-order valence-electron chi connectivity index (χ0n) is 16.5. The molecular weight excluding hydrogens is 475 g/mol. The summed E-state index contributed by atoms with van der Waals surface area (Å²) in [4.78, 5) is 8.90. The van der Waals surface area contributed by atoms with Gasteiger partial charge in [-0.25, -0.2) is 4.98 Å². The van der Waals surface area contributed by atoms with Crippen LogP contribution in [-0.2, 0) is 13.1 Å². The van der Waals surface area contributed by atoms with Crippen LogP contribution in [0.5, 0.6) is 11.5 Å². The molecule has 0 unspecified atom stereocenters. The highest BCUT2D eigenvalue weighted by molar-refractivity contribution is 14.0. The maximum Gasteiger partial charge on any atom is 0.191 e. The number of aliphatic imine (C=N–C) groups is 1. The van der Waals surface area contributed by atoms with Crippen molar-refractivity contribution in [3.63, 3.8) is 0 Å². The normalized spacial score (nSPS) is 11.1. The van der Waals surface area contributed by atoms with Crippen molar-refractivity contribution >= 4 is 41.3 Å². The van der Waals surface area contributed by atoms with Gasteiger partial charge in [0.05, 0.1) is 26.0 Å². The lowest BCUT2D eigenvalue weighted by Gasteiger charge is -2.13. The monoisotopic (exact) mass is 504 g/mol. The van der Waals surface area contributed by atoms with E-state index in [0.717, 1.165) is 33.7 Å². The summed E-state index contributed by atoms with van der Waals surface area (Å²) in [5.41, 5.74) is 2.23. The van der Waals surface area contributed by atoms with Gasteiger partial charge in [0.2, 0.25) is 0 Å². The highest BCUT2D eigenvalue weighted by atomic mass is 127. The molecule has 2 rings (SSSR count). The van der Waals surface area contributed by atoms with Gasteiger partial charge < -0.3 is 20.1 Å². The molecule has 150 valence electrons. The fourth-order valence-corrected chi connectivity index (χ4v) is 3.23. The van der Waals surface area contributed by atoms with E-state index in [9.17, 15) is 0 Å². The molecule has 1 heterocycles. The molecule has 0 spiro atoms. The fourth-order valence-electron chi connectivity index (χ4n) is 2.34. The third-order valence-corrected chi connectivity index (χ3v) is 4.65. The molecule has 0 saturated carbocycles. The number of nitrogens with zero attached hydrogens (tertiary/aromatic N) is 2. The Morgan fingerprint density at radius 1 is 1.22 bits per heavy atom. The van der Waals surface area contributed by atoms with Crippen molar-refractivity contribution in [2.24, 2.45) is 4.99 Å². The Hall–Kier alpha value is -1.55. The van der Waals surface area contributed by atoms with Crippen LogP contribution in [0.1, 0.15) is 43.0 Å². The Balaban J connectivity index is 0.00000364. The maximum absolute atomic E-state index is 5.62. The largest absolute Gasteiger partial charge is 0.493 e. The van der Waals surface area contributed by atoms with E-state index in [1.807, 2.05) is 25.1 Å². The van der Waals surface area contributed by atoms with Crippen molar-refractivity contribution in [1.82, 2.24) is 15.6 Å². The summed E-state index contributed by atoms with van der Waals surface area (Å²) >= 11 is 1.67. The average Bonchev–Trinajstić information content (AvgIpc) is 3.12. The summed E-state index contributed by atoms with van der Waals surface area (Å²) < 4.78 is 10.9. The van der Waals surface area contributed by atoms with Crippen LogP contribution in [-0.4, -0.2) is 31.7 Å². The predicted octanol–water partition coefficient (Wildman–Crippen LogP) is 4.16. The molecule has 1 aromatic carbocycles. The Morgan fingerprint density at radius 2 is 1.96 bits per heavy atom. The van der Waals surface area contributed by atoms with E-state index in [-0.39, 0.29) is 24.0 Å². The van der Waals surface area contributed by atoms with Crippen molar-refractivity contribution in [2.75, 3.05) is 20.8 Å². The highest BCUT2D eigenvalue weighted by Gasteiger charge is 2.08. The molecule has 0 amide bonds. The fraction of sp³-hybridized carbons (Fsp3) is 0.474. The van der Waals surface area contributed by atoms with Gasteiger partial charge >= 0.3 is 0 Å². The molecule has 0 saturated heterocycles. The van der Waals surface area contributed by atoms with Gasteiger partial charge in [-0.15, -0.1) is 35.3 Å². The minimum atomic E-state index is 0. The van der Waals surface area contributed by atoms with Crippen LogP contribution in [0, 0.1) is 0 Å². The first-order valence-electron chi connectivity index (χ1n) is 8.75. The molecule has 2 aromatic rings. The second-order valence-electron chi connectivity index (χ2n) is 6.02. The lowest BCUT2D eigenvalue weighted by atomic mass is 10.2. The lowest BCUT2D eigenvalue weighted by molar-refractivity contribution is 0.310. The quantitative estimate of drug-likeness (QED) is 0.321. The Kier molecular flexibility index (Phi) is 10.5. The maximum atomic E-state index is 5.62. The van der Waals surface area contributed by atoms with Gasteiger partial charge in [-0.2, -0.15) is 0 Å². The molecule has 0 fully saturated rings. The van der Waals surface area contributed by atoms with Gasteiger partial charge in [-0.1, -0.05) is 19.9 Å². The second-order valence-corrected chi connectivity index (χ2v) is 6.96. The van der Waals surface area contributed by atoms with E-state index in [0.29, 0.717) is 25.6 Å². The van der Waals surface area contributed by atoms with E-state index in [1.54, 1.807) is 25.5 Å². The van der Waals surface area contributed by atoms with Gasteiger partial charge in [0.15, 0.2) is 17.5 Å². The van der Waals surface area contributed by atoms with Crippen molar-refractivity contribution in [3.8, 4) is 11.5 Å². The highest BCUT2D eigenvalue weighted by Crippen LogP contribution is 2.28. The van der Waals surface area contributed by atoms with Crippen molar-refractivity contribution < 1.29 is 9.47 Å². The second kappa shape index (κ2) is 12.0. The standard InChI is InChI=1S/C19H28N4O2S.HI/c1-6-25-17-9-14(7-8-16(17)24-5)10-21-19(20-4)22-11-18-23-15(12-26-18)13(2)3;/h7-9,12-13H,6,10-11H2,1-5H3,(H2,20,21,22);1H. The van der Waals surface area contributed by atoms with Gasteiger partial charge in [0.25, 0.3) is 0 Å². The molecule has 0 radical (unpaired) electrons. The number of halogens is 1. The lowest BCUT2D eigenvalue weighted by Crippen LogP contribution is -2.36. The smallest absolute Gasteiger partial charge is 0.191 e. The Bertz CT molecular complexity index is 734. The Morgan fingerprint density at radius 3 is 2.56 bits per heavy atom. The van der Waals surface area contributed by atoms with Crippen LogP contribution in [0.4, 0.5) is 0 Å². The van der Waals surface area contributed by atoms with E-state index in [4.69, 9.17) is 9.47 Å². The molecule has 0 aliphatic carbocycles. The van der Waals surface area contributed by atoms with Gasteiger partial charge in [-0.3, -0.25) is 4.99 Å². The summed E-state index contributed by atoms with van der Waals surface area (Å²) in [6.45, 7) is 8.15. The number of hydrogen-bond acceptors (Lipinski definition) is 5. The number of benzene rings is 1. The first kappa shape index (κ1) is 23.5. The first-order valence-corrected chi connectivity index (χ1v) is 9.63. The van der Waals surface area contributed by atoms with Crippen molar-refractivity contribution in [1.29, 1.82) is 0 Å². The molecule has 0 bridgehead atoms. The predicted molar refractivity (Wildman–Crippen MR) is 123 cm³/mol. The topological polar surface area (TPSA) is 67.8 Å². The minimum Gasteiger partial charge on any atom is -0.493 e. The van der Waals surface area contributed by atoms with Crippen LogP contribution < -0.4 is 20.1 Å². The van der Waals surface area contributed by atoms with E-state index in [2.05, 4.69) is 39.8 Å². The molecule has 0 atom stereocenters. The summed E-state index contributed by atoms with van der Waals surface area (Å²) in [6.07, 6.45) is 0. The zero-order chi connectivity index (χ0) is 18.9. The zero-order valence-corrected chi connectivity index (χ0v) is 19.7. The molecule has 2 N–H and O–H groups in total. The van der Waals surface area contributed by atoms with E-state index in [1.165, 1.54) is 0 Å².